The normalized spacial score (nSPS) is 15.4. The van der Waals surface area contributed by atoms with Crippen LogP contribution in [0.5, 0.6) is 5.75 Å². The Morgan fingerprint density at radius 2 is 2.00 bits per heavy atom. The van der Waals surface area contributed by atoms with Crippen molar-refractivity contribution in [2.24, 2.45) is 0 Å². The van der Waals surface area contributed by atoms with Crippen molar-refractivity contribution in [3.8, 4) is 5.75 Å². The summed E-state index contributed by atoms with van der Waals surface area (Å²) in [4.78, 5) is 49.3. The van der Waals surface area contributed by atoms with Crippen LogP contribution in [0.25, 0.3) is 6.08 Å². The van der Waals surface area contributed by atoms with Gasteiger partial charge in [0.1, 0.15) is 17.2 Å². The number of rotatable bonds is 8. The van der Waals surface area contributed by atoms with Gasteiger partial charge in [-0.2, -0.15) is 0 Å². The summed E-state index contributed by atoms with van der Waals surface area (Å²) in [5, 5.41) is 2.53. The van der Waals surface area contributed by atoms with Crippen LogP contribution in [0.15, 0.2) is 40.4 Å². The van der Waals surface area contributed by atoms with Gasteiger partial charge in [-0.15, -0.1) is 0 Å². The van der Waals surface area contributed by atoms with E-state index in [1.165, 1.54) is 25.3 Å². The predicted molar refractivity (Wildman–Crippen MR) is 123 cm³/mol. The molecule has 2 heterocycles. The number of ether oxygens (including phenoxy) is 3. The number of urea groups is 1. The summed E-state index contributed by atoms with van der Waals surface area (Å²) in [5.74, 6) is -0.938. The van der Waals surface area contributed by atoms with Gasteiger partial charge in [-0.3, -0.25) is 9.69 Å². The molecule has 174 valence electrons. The molecular weight excluding hydrogens is 547 g/mol. The molecule has 1 aliphatic rings. The molecule has 0 spiro atoms. The fourth-order valence-electron chi connectivity index (χ4n) is 2.91. The van der Waals surface area contributed by atoms with Crippen molar-refractivity contribution >= 4 is 52.5 Å². The maximum absolute atomic E-state index is 12.7. The van der Waals surface area contributed by atoms with Crippen LogP contribution in [-0.2, 0) is 25.6 Å². The number of hydrogen-bond acceptors (Lipinski definition) is 8. The first-order chi connectivity index (χ1) is 15.7. The van der Waals surface area contributed by atoms with Crippen molar-refractivity contribution in [1.82, 2.24) is 10.2 Å². The standard InChI is InChI=1S/C22H21IN2O8/c1-4-31-20(27)12(2)32-17-7-5-13(9-15(17)23)10-16-19(26)25(22(29)24-16)11-14-6-8-18(33-14)21(28)30-3/h5-10,12H,4,11H2,1-3H3,(H,24,29)/b16-10-/t12-/m1/s1. The minimum absolute atomic E-state index is 0.0236. The van der Waals surface area contributed by atoms with Crippen molar-refractivity contribution in [3.63, 3.8) is 0 Å². The number of methoxy groups -OCH3 is 1. The van der Waals surface area contributed by atoms with E-state index in [1.807, 2.05) is 0 Å². The van der Waals surface area contributed by atoms with E-state index in [0.717, 1.165) is 4.90 Å². The Hall–Kier alpha value is -3.35. The zero-order valence-electron chi connectivity index (χ0n) is 18.0. The largest absolute Gasteiger partial charge is 0.478 e. The lowest BCUT2D eigenvalue weighted by atomic mass is 10.2. The zero-order chi connectivity index (χ0) is 24.1. The van der Waals surface area contributed by atoms with E-state index in [-0.39, 0.29) is 30.4 Å². The topological polar surface area (TPSA) is 124 Å². The van der Waals surface area contributed by atoms with Crippen molar-refractivity contribution in [2.75, 3.05) is 13.7 Å². The molecule has 1 atom stereocenters. The molecule has 1 aliphatic heterocycles. The van der Waals surface area contributed by atoms with Crippen LogP contribution in [0, 0.1) is 3.57 Å². The van der Waals surface area contributed by atoms with Crippen LogP contribution in [0.2, 0.25) is 0 Å². The second kappa shape index (κ2) is 10.5. The number of carbonyl (C=O) groups excluding carboxylic acids is 4. The first kappa shape index (κ1) is 24.3. The molecule has 1 saturated heterocycles. The van der Waals surface area contributed by atoms with Crippen molar-refractivity contribution in [1.29, 1.82) is 0 Å². The van der Waals surface area contributed by atoms with E-state index in [4.69, 9.17) is 13.9 Å². The average molecular weight is 568 g/mol. The van der Waals surface area contributed by atoms with Crippen LogP contribution >= 0.6 is 22.6 Å². The highest BCUT2D eigenvalue weighted by Crippen LogP contribution is 2.25. The molecule has 2 aromatic rings. The predicted octanol–water partition coefficient (Wildman–Crippen LogP) is 3.09. The highest BCUT2D eigenvalue weighted by atomic mass is 127. The Morgan fingerprint density at radius 1 is 1.24 bits per heavy atom. The molecule has 33 heavy (non-hydrogen) atoms. The summed E-state index contributed by atoms with van der Waals surface area (Å²) in [7, 11) is 1.22. The molecule has 1 aromatic carbocycles. The minimum Gasteiger partial charge on any atom is -0.478 e. The first-order valence-corrected chi connectivity index (χ1v) is 11.0. The number of benzene rings is 1. The zero-order valence-corrected chi connectivity index (χ0v) is 20.2. The van der Waals surface area contributed by atoms with Gasteiger partial charge in [0, 0.05) is 0 Å². The maximum atomic E-state index is 12.7. The molecule has 1 fully saturated rings. The summed E-state index contributed by atoms with van der Waals surface area (Å²) in [6, 6.07) is 7.40. The van der Waals surface area contributed by atoms with Crippen molar-refractivity contribution in [2.45, 2.75) is 26.5 Å². The lowest BCUT2D eigenvalue weighted by Gasteiger charge is -2.14. The van der Waals surface area contributed by atoms with Crippen LogP contribution in [0.1, 0.15) is 35.7 Å². The van der Waals surface area contributed by atoms with Crippen LogP contribution < -0.4 is 10.1 Å². The molecule has 1 N–H and O–H groups in total. The van der Waals surface area contributed by atoms with Crippen LogP contribution in [-0.4, -0.2) is 48.6 Å². The van der Waals surface area contributed by atoms with Crippen molar-refractivity contribution in [3.05, 3.63) is 56.7 Å². The third-order valence-electron chi connectivity index (χ3n) is 4.51. The Balaban J connectivity index is 1.71. The van der Waals surface area contributed by atoms with E-state index in [0.29, 0.717) is 14.9 Å². The average Bonchev–Trinajstić information content (AvgIpc) is 3.35. The third kappa shape index (κ3) is 5.72. The van der Waals surface area contributed by atoms with Crippen LogP contribution in [0.3, 0.4) is 0 Å². The Labute approximate surface area is 203 Å². The third-order valence-corrected chi connectivity index (χ3v) is 5.36. The van der Waals surface area contributed by atoms with E-state index in [1.54, 1.807) is 32.0 Å². The lowest BCUT2D eigenvalue weighted by Crippen LogP contribution is -2.30. The number of esters is 2. The number of halogens is 1. The highest BCUT2D eigenvalue weighted by molar-refractivity contribution is 14.1. The lowest BCUT2D eigenvalue weighted by molar-refractivity contribution is -0.150. The fourth-order valence-corrected chi connectivity index (χ4v) is 3.58. The Bertz CT molecular complexity index is 1120. The molecule has 0 saturated carbocycles. The number of nitrogens with one attached hydrogen (secondary N) is 1. The molecule has 0 unspecified atom stereocenters. The second-order valence-electron chi connectivity index (χ2n) is 6.84. The summed E-state index contributed by atoms with van der Waals surface area (Å²) in [5.41, 5.74) is 0.733. The van der Waals surface area contributed by atoms with E-state index in [9.17, 15) is 19.2 Å². The Morgan fingerprint density at radius 3 is 2.67 bits per heavy atom. The van der Waals surface area contributed by atoms with Gasteiger partial charge in [0.05, 0.1) is 23.8 Å². The summed E-state index contributed by atoms with van der Waals surface area (Å²) >= 11 is 2.05. The van der Waals surface area contributed by atoms with Gasteiger partial charge < -0.3 is 23.9 Å². The van der Waals surface area contributed by atoms with Gasteiger partial charge in [-0.05, 0) is 72.3 Å². The molecule has 1 aromatic heterocycles. The smallest absolute Gasteiger partial charge is 0.373 e. The number of imide groups is 1. The van der Waals surface area contributed by atoms with Gasteiger partial charge >= 0.3 is 18.0 Å². The molecule has 10 nitrogen and oxygen atoms in total. The van der Waals surface area contributed by atoms with Crippen molar-refractivity contribution < 1.29 is 37.8 Å². The number of nitrogens with zero attached hydrogens (tertiary/aromatic N) is 1. The van der Waals surface area contributed by atoms with Gasteiger partial charge in [-0.25, -0.2) is 14.4 Å². The number of hydrogen-bond donors (Lipinski definition) is 1. The quantitative estimate of drug-likeness (QED) is 0.223. The summed E-state index contributed by atoms with van der Waals surface area (Å²) < 4.78 is 21.2. The molecule has 11 heteroatoms. The number of furan rings is 1. The first-order valence-electron chi connectivity index (χ1n) is 9.87. The van der Waals surface area contributed by atoms with Gasteiger partial charge in [0.2, 0.25) is 5.76 Å². The van der Waals surface area contributed by atoms with Gasteiger partial charge in [0.25, 0.3) is 5.91 Å². The maximum Gasteiger partial charge on any atom is 0.373 e. The summed E-state index contributed by atoms with van der Waals surface area (Å²) in [6.45, 7) is 3.43. The molecule has 0 radical (unpaired) electrons. The van der Waals surface area contributed by atoms with Gasteiger partial charge in [-0.1, -0.05) is 6.07 Å². The fraction of sp³-hybridized carbons (Fsp3) is 0.273. The summed E-state index contributed by atoms with van der Waals surface area (Å²) in [6.07, 6.45) is 0.761. The van der Waals surface area contributed by atoms with E-state index < -0.39 is 30.0 Å². The minimum atomic E-state index is -0.770. The number of amides is 3. The molecule has 0 bridgehead atoms. The molecule has 3 rings (SSSR count). The highest BCUT2D eigenvalue weighted by Gasteiger charge is 2.34. The second-order valence-corrected chi connectivity index (χ2v) is 8.00. The Kier molecular flexibility index (Phi) is 7.74. The molecular formula is C22H21IN2O8. The van der Waals surface area contributed by atoms with E-state index in [2.05, 4.69) is 32.6 Å². The molecule has 3 amide bonds. The SMILES string of the molecule is CCOC(=O)[C@@H](C)Oc1ccc(/C=C2\NC(=O)N(Cc3ccc(C(=O)OC)o3)C2=O)cc1I. The van der Waals surface area contributed by atoms with Gasteiger partial charge in [0.15, 0.2) is 6.10 Å². The number of carbonyl (C=O) groups is 4. The monoisotopic (exact) mass is 568 g/mol. The molecule has 0 aliphatic carbocycles. The van der Waals surface area contributed by atoms with Crippen LogP contribution in [0.4, 0.5) is 4.79 Å². The van der Waals surface area contributed by atoms with E-state index >= 15 is 0 Å².